The molecule has 1 aromatic rings. The van der Waals surface area contributed by atoms with Crippen LogP contribution in [0.1, 0.15) is 12.5 Å². The third kappa shape index (κ3) is 2.40. The number of likely N-dealkylation sites (N-methyl/N-ethyl adjacent to an activating group) is 1. The average Bonchev–Trinajstić information content (AvgIpc) is 2.82. The van der Waals surface area contributed by atoms with Gasteiger partial charge in [-0.2, -0.15) is 0 Å². The zero-order valence-corrected chi connectivity index (χ0v) is 13.9. The monoisotopic (exact) mass is 328 g/mol. The molecule has 0 bridgehead atoms. The summed E-state index contributed by atoms with van der Waals surface area (Å²) in [6.45, 7) is 7.02. The molecule has 1 aromatic carbocycles. The lowest BCUT2D eigenvalue weighted by molar-refractivity contribution is -0.121. The number of para-hydroxylation sites is 1. The highest BCUT2D eigenvalue weighted by Crippen LogP contribution is 2.39. The first kappa shape index (κ1) is 15.1. The van der Waals surface area contributed by atoms with E-state index < -0.39 is 0 Å². The van der Waals surface area contributed by atoms with Crippen molar-refractivity contribution in [3.63, 3.8) is 0 Å². The van der Waals surface area contributed by atoms with Gasteiger partial charge in [-0.3, -0.25) is 9.69 Å². The first-order chi connectivity index (χ1) is 10.7. The molecule has 3 nitrogen and oxygen atoms in total. The summed E-state index contributed by atoms with van der Waals surface area (Å²) in [5.74, 6) is -0.0348. The van der Waals surface area contributed by atoms with Crippen molar-refractivity contribution in [2.75, 3.05) is 18.0 Å². The molecule has 2 aliphatic heterocycles. The van der Waals surface area contributed by atoms with Crippen molar-refractivity contribution in [1.82, 2.24) is 4.90 Å². The maximum atomic E-state index is 12.6. The molecule has 0 unspecified atom stereocenters. The Bertz CT molecular complexity index is 721. The van der Waals surface area contributed by atoms with Crippen LogP contribution in [0.3, 0.4) is 0 Å². The van der Waals surface area contributed by atoms with Gasteiger partial charge in [0.1, 0.15) is 9.23 Å². The summed E-state index contributed by atoms with van der Waals surface area (Å²) >= 11 is 6.69. The molecule has 1 amide bonds. The van der Waals surface area contributed by atoms with E-state index in [1.54, 1.807) is 11.0 Å². The SMILES string of the molecule is C=CCN1C(=O)C(=C2C=Cc3ccccc3N2CC)SC1=S. The summed E-state index contributed by atoms with van der Waals surface area (Å²) in [6.07, 6.45) is 5.75. The summed E-state index contributed by atoms with van der Waals surface area (Å²) in [4.78, 5) is 17.1. The van der Waals surface area contributed by atoms with E-state index in [0.29, 0.717) is 15.8 Å². The Kier molecular flexibility index (Phi) is 4.18. The predicted molar refractivity (Wildman–Crippen MR) is 97.6 cm³/mol. The maximum Gasteiger partial charge on any atom is 0.268 e. The van der Waals surface area contributed by atoms with Gasteiger partial charge in [-0.05, 0) is 24.6 Å². The molecule has 0 spiro atoms. The Labute approximate surface area is 140 Å². The molecular formula is C17H16N2OS2. The highest BCUT2D eigenvalue weighted by Gasteiger charge is 2.35. The summed E-state index contributed by atoms with van der Waals surface area (Å²) in [5, 5.41) is 0. The van der Waals surface area contributed by atoms with Crippen LogP contribution >= 0.6 is 24.0 Å². The number of hydrogen-bond acceptors (Lipinski definition) is 4. The van der Waals surface area contributed by atoms with E-state index in [-0.39, 0.29) is 5.91 Å². The lowest BCUT2D eigenvalue weighted by Crippen LogP contribution is -2.30. The number of thiocarbonyl (C=S) groups is 1. The maximum absolute atomic E-state index is 12.6. The quantitative estimate of drug-likeness (QED) is 0.478. The van der Waals surface area contributed by atoms with Crippen molar-refractivity contribution in [3.8, 4) is 0 Å². The van der Waals surface area contributed by atoms with E-state index >= 15 is 0 Å². The zero-order chi connectivity index (χ0) is 15.7. The van der Waals surface area contributed by atoms with E-state index in [1.165, 1.54) is 11.8 Å². The van der Waals surface area contributed by atoms with Crippen LogP contribution in [0.5, 0.6) is 0 Å². The molecule has 0 atom stereocenters. The van der Waals surface area contributed by atoms with Gasteiger partial charge in [0.25, 0.3) is 5.91 Å². The van der Waals surface area contributed by atoms with Crippen LogP contribution in [0.4, 0.5) is 5.69 Å². The van der Waals surface area contributed by atoms with Gasteiger partial charge in [0, 0.05) is 18.8 Å². The van der Waals surface area contributed by atoms with Gasteiger partial charge in [-0.15, -0.1) is 6.58 Å². The van der Waals surface area contributed by atoms with Gasteiger partial charge in [0.05, 0.1) is 5.70 Å². The average molecular weight is 328 g/mol. The van der Waals surface area contributed by atoms with Gasteiger partial charge >= 0.3 is 0 Å². The lowest BCUT2D eigenvalue weighted by atomic mass is 10.1. The van der Waals surface area contributed by atoms with Crippen molar-refractivity contribution in [1.29, 1.82) is 0 Å². The molecule has 112 valence electrons. The molecule has 0 radical (unpaired) electrons. The first-order valence-corrected chi connectivity index (χ1v) is 8.33. The van der Waals surface area contributed by atoms with Crippen LogP contribution in [-0.4, -0.2) is 28.2 Å². The molecule has 3 rings (SSSR count). The summed E-state index contributed by atoms with van der Waals surface area (Å²) < 4.78 is 0.593. The van der Waals surface area contributed by atoms with Gasteiger partial charge in [-0.25, -0.2) is 0 Å². The number of amides is 1. The molecular weight excluding hydrogens is 312 g/mol. The molecule has 0 saturated carbocycles. The molecule has 2 aliphatic rings. The van der Waals surface area contributed by atoms with E-state index in [4.69, 9.17) is 12.2 Å². The lowest BCUT2D eigenvalue weighted by Gasteiger charge is -2.30. The number of allylic oxidation sites excluding steroid dienone is 1. The number of anilines is 1. The van der Waals surface area contributed by atoms with Crippen molar-refractivity contribution in [2.24, 2.45) is 0 Å². The van der Waals surface area contributed by atoms with E-state index in [2.05, 4.69) is 36.6 Å². The fourth-order valence-corrected chi connectivity index (χ4v) is 3.97. The van der Waals surface area contributed by atoms with Gasteiger partial charge in [-0.1, -0.05) is 54.3 Å². The minimum Gasteiger partial charge on any atom is -0.340 e. The Morgan fingerprint density at radius 3 is 2.77 bits per heavy atom. The van der Waals surface area contributed by atoms with Crippen LogP contribution in [0.2, 0.25) is 0 Å². The standard InChI is InChI=1S/C17H16N2OS2/c1-3-11-19-16(20)15(22-17(19)21)14-10-9-12-7-5-6-8-13(12)18(14)4-2/h3,5-10H,1,4,11H2,2H3. The first-order valence-electron chi connectivity index (χ1n) is 7.11. The highest BCUT2D eigenvalue weighted by atomic mass is 32.2. The third-order valence-corrected chi connectivity index (χ3v) is 5.10. The fourth-order valence-electron chi connectivity index (χ4n) is 2.64. The second kappa shape index (κ2) is 6.10. The number of benzene rings is 1. The third-order valence-electron chi connectivity index (χ3n) is 3.65. The van der Waals surface area contributed by atoms with Crippen molar-refractivity contribution < 1.29 is 4.79 Å². The highest BCUT2D eigenvalue weighted by molar-refractivity contribution is 8.26. The second-order valence-electron chi connectivity index (χ2n) is 4.92. The van der Waals surface area contributed by atoms with Gasteiger partial charge in [0.2, 0.25) is 0 Å². The smallest absolute Gasteiger partial charge is 0.268 e. The number of fused-ring (bicyclic) bond motifs is 1. The molecule has 0 aromatic heterocycles. The van der Waals surface area contributed by atoms with E-state index in [0.717, 1.165) is 23.5 Å². The van der Waals surface area contributed by atoms with Gasteiger partial charge < -0.3 is 4.90 Å². The molecule has 22 heavy (non-hydrogen) atoms. The largest absolute Gasteiger partial charge is 0.340 e. The summed E-state index contributed by atoms with van der Waals surface area (Å²) in [7, 11) is 0. The van der Waals surface area contributed by atoms with Crippen LogP contribution in [-0.2, 0) is 4.79 Å². The number of carbonyl (C=O) groups is 1. The number of hydrogen-bond donors (Lipinski definition) is 0. The molecule has 1 saturated heterocycles. The van der Waals surface area contributed by atoms with E-state index in [9.17, 15) is 4.79 Å². The zero-order valence-electron chi connectivity index (χ0n) is 12.3. The van der Waals surface area contributed by atoms with Crippen molar-refractivity contribution in [3.05, 3.63) is 59.2 Å². The second-order valence-corrected chi connectivity index (χ2v) is 6.57. The Hall–Kier alpha value is -1.85. The minimum absolute atomic E-state index is 0.0348. The summed E-state index contributed by atoms with van der Waals surface area (Å²) in [5.41, 5.74) is 3.20. The minimum atomic E-state index is -0.0348. The van der Waals surface area contributed by atoms with Crippen LogP contribution in [0.25, 0.3) is 6.08 Å². The Balaban J connectivity index is 2.07. The van der Waals surface area contributed by atoms with Crippen LogP contribution in [0.15, 0.2) is 53.6 Å². The van der Waals surface area contributed by atoms with Gasteiger partial charge in [0.15, 0.2) is 0 Å². The predicted octanol–water partition coefficient (Wildman–Crippen LogP) is 3.80. The molecule has 2 heterocycles. The van der Waals surface area contributed by atoms with Crippen LogP contribution < -0.4 is 4.90 Å². The van der Waals surface area contributed by atoms with Crippen LogP contribution in [0, 0.1) is 0 Å². The Morgan fingerprint density at radius 2 is 2.05 bits per heavy atom. The Morgan fingerprint density at radius 1 is 1.27 bits per heavy atom. The number of carbonyl (C=O) groups excluding carboxylic acids is 1. The number of rotatable bonds is 3. The fraction of sp³-hybridized carbons (Fsp3) is 0.176. The molecule has 0 aliphatic carbocycles. The normalized spacial score (nSPS) is 20.6. The van der Waals surface area contributed by atoms with Crippen molar-refractivity contribution in [2.45, 2.75) is 6.92 Å². The number of nitrogens with zero attached hydrogens (tertiary/aromatic N) is 2. The molecule has 5 heteroatoms. The van der Waals surface area contributed by atoms with E-state index in [1.807, 2.05) is 18.2 Å². The topological polar surface area (TPSA) is 23.6 Å². The number of thioether (sulfide) groups is 1. The molecule has 1 fully saturated rings. The molecule has 0 N–H and O–H groups in total. The summed E-state index contributed by atoms with van der Waals surface area (Å²) in [6, 6.07) is 8.19. The van der Waals surface area contributed by atoms with Crippen molar-refractivity contribution >= 4 is 46.0 Å².